The molecule has 0 saturated carbocycles. The van der Waals surface area contributed by atoms with Gasteiger partial charge < -0.3 is 4.90 Å². The maximum absolute atomic E-state index is 13.9. The topological polar surface area (TPSA) is 70.8 Å². The normalized spacial score (nSPS) is 15.3. The highest BCUT2D eigenvalue weighted by molar-refractivity contribution is 7.91. The number of piperazine rings is 1. The molecule has 4 aromatic rings. The molecule has 4 heterocycles. The molecule has 1 aromatic carbocycles. The van der Waals surface area contributed by atoms with Crippen LogP contribution in [-0.4, -0.2) is 65.4 Å². The molecule has 0 atom stereocenters. The van der Waals surface area contributed by atoms with E-state index < -0.39 is 16.4 Å². The first kappa shape index (κ1) is 25.8. The standard InChI is InChI=1S/C25H22ClF2N5O2S2/c1-16-13-17(4-7-20(16)26)21-14-22(24(27)28)33-25(30-21)18(15-29-33)3-5-19-6-8-23(36-19)37(34,35)32-11-9-31(2)10-12-32/h4,6-8,13-15,24H,9-12H2,1-2H3. The number of hydrogen-bond acceptors (Lipinski definition) is 6. The number of alkyl halides is 2. The Bertz CT molecular complexity index is 1650. The van der Waals surface area contributed by atoms with Gasteiger partial charge in [0.1, 0.15) is 9.90 Å². The maximum Gasteiger partial charge on any atom is 0.280 e. The predicted molar refractivity (Wildman–Crippen MR) is 140 cm³/mol. The van der Waals surface area contributed by atoms with Crippen molar-refractivity contribution in [1.82, 2.24) is 23.8 Å². The van der Waals surface area contributed by atoms with Gasteiger partial charge in [-0.3, -0.25) is 0 Å². The Morgan fingerprint density at radius 2 is 1.84 bits per heavy atom. The average molecular weight is 562 g/mol. The van der Waals surface area contributed by atoms with Crippen molar-refractivity contribution < 1.29 is 17.2 Å². The Morgan fingerprint density at radius 3 is 2.54 bits per heavy atom. The zero-order valence-corrected chi connectivity index (χ0v) is 22.3. The Labute approximate surface area is 222 Å². The van der Waals surface area contributed by atoms with E-state index >= 15 is 0 Å². The number of nitrogens with zero attached hydrogens (tertiary/aromatic N) is 5. The van der Waals surface area contributed by atoms with Crippen molar-refractivity contribution in [2.24, 2.45) is 0 Å². The van der Waals surface area contributed by atoms with E-state index in [0.29, 0.717) is 52.9 Å². The third kappa shape index (κ3) is 5.12. The largest absolute Gasteiger partial charge is 0.304 e. The number of hydrogen-bond donors (Lipinski definition) is 0. The minimum atomic E-state index is -3.59. The summed E-state index contributed by atoms with van der Waals surface area (Å²) in [6.45, 7) is 4.06. The highest BCUT2D eigenvalue weighted by Crippen LogP contribution is 2.29. The lowest BCUT2D eigenvalue weighted by Gasteiger charge is -2.31. The fraction of sp³-hybridized carbons (Fsp3) is 0.280. The Morgan fingerprint density at radius 1 is 1.08 bits per heavy atom. The summed E-state index contributed by atoms with van der Waals surface area (Å²) in [6, 6.07) is 9.70. The van der Waals surface area contributed by atoms with Crippen molar-refractivity contribution in [3.05, 3.63) is 69.3 Å². The molecule has 0 spiro atoms. The molecule has 12 heteroatoms. The maximum atomic E-state index is 13.9. The van der Waals surface area contributed by atoms with E-state index in [0.717, 1.165) is 21.4 Å². The van der Waals surface area contributed by atoms with Crippen LogP contribution in [0, 0.1) is 18.8 Å². The van der Waals surface area contributed by atoms with Crippen molar-refractivity contribution in [3.63, 3.8) is 0 Å². The van der Waals surface area contributed by atoms with Crippen LogP contribution >= 0.6 is 22.9 Å². The van der Waals surface area contributed by atoms with Gasteiger partial charge in [0, 0.05) is 36.8 Å². The van der Waals surface area contributed by atoms with E-state index in [4.69, 9.17) is 11.6 Å². The van der Waals surface area contributed by atoms with Gasteiger partial charge in [-0.1, -0.05) is 29.5 Å². The number of rotatable bonds is 4. The number of aryl methyl sites for hydroxylation is 1. The molecule has 3 aromatic heterocycles. The van der Waals surface area contributed by atoms with Crippen LogP contribution in [0.15, 0.2) is 46.8 Å². The second kappa shape index (κ2) is 10.1. The van der Waals surface area contributed by atoms with Gasteiger partial charge in [0.2, 0.25) is 0 Å². The fourth-order valence-corrected chi connectivity index (χ4v) is 6.85. The molecule has 0 bridgehead atoms. The number of thiophene rings is 1. The highest BCUT2D eigenvalue weighted by atomic mass is 35.5. The summed E-state index contributed by atoms with van der Waals surface area (Å²) in [6.07, 6.45) is -1.40. The minimum absolute atomic E-state index is 0.190. The van der Waals surface area contributed by atoms with Gasteiger partial charge in [-0.15, -0.1) is 11.3 Å². The first-order chi connectivity index (χ1) is 17.6. The average Bonchev–Trinajstić information content (AvgIpc) is 3.51. The fourth-order valence-electron chi connectivity index (χ4n) is 3.99. The molecule has 1 aliphatic heterocycles. The van der Waals surface area contributed by atoms with Crippen LogP contribution in [0.25, 0.3) is 16.9 Å². The molecular weight excluding hydrogens is 540 g/mol. The molecule has 0 amide bonds. The van der Waals surface area contributed by atoms with Gasteiger partial charge in [0.25, 0.3) is 16.4 Å². The van der Waals surface area contributed by atoms with Gasteiger partial charge in [0.15, 0.2) is 5.65 Å². The summed E-state index contributed by atoms with van der Waals surface area (Å²) < 4.78 is 56.5. The molecule has 1 aliphatic rings. The van der Waals surface area contributed by atoms with Crippen LogP contribution in [-0.2, 0) is 10.0 Å². The van der Waals surface area contributed by atoms with Gasteiger partial charge >= 0.3 is 0 Å². The Balaban J connectivity index is 1.49. The number of sulfonamides is 1. The second-order valence-electron chi connectivity index (χ2n) is 8.70. The SMILES string of the molecule is Cc1cc(-c2cc(C(F)F)n3ncc(C#Cc4ccc(S(=O)(=O)N5CCN(C)CC5)s4)c3n2)ccc1Cl. The van der Waals surface area contributed by atoms with Crippen molar-refractivity contribution in [2.45, 2.75) is 17.6 Å². The van der Waals surface area contributed by atoms with E-state index in [1.165, 1.54) is 16.6 Å². The smallest absolute Gasteiger partial charge is 0.280 e. The molecule has 7 nitrogen and oxygen atoms in total. The minimum Gasteiger partial charge on any atom is -0.304 e. The molecule has 192 valence electrons. The molecule has 0 N–H and O–H groups in total. The van der Waals surface area contributed by atoms with E-state index in [1.54, 1.807) is 30.3 Å². The van der Waals surface area contributed by atoms with Gasteiger partial charge in [-0.05, 0) is 49.9 Å². The second-order valence-corrected chi connectivity index (χ2v) is 12.4. The predicted octanol–water partition coefficient (Wildman–Crippen LogP) is 4.69. The molecule has 1 fully saturated rings. The quantitative estimate of drug-likeness (QED) is 0.338. The van der Waals surface area contributed by atoms with Crippen molar-refractivity contribution >= 4 is 38.6 Å². The summed E-state index contributed by atoms with van der Waals surface area (Å²) in [5.74, 6) is 5.88. The van der Waals surface area contributed by atoms with E-state index in [1.807, 2.05) is 14.0 Å². The van der Waals surface area contributed by atoms with Gasteiger partial charge in [-0.25, -0.2) is 26.7 Å². The lowest BCUT2D eigenvalue weighted by molar-refractivity contribution is 0.143. The number of fused-ring (bicyclic) bond motifs is 1. The summed E-state index contributed by atoms with van der Waals surface area (Å²) >= 11 is 7.19. The summed E-state index contributed by atoms with van der Waals surface area (Å²) in [4.78, 5) is 7.18. The lowest BCUT2D eigenvalue weighted by atomic mass is 10.1. The molecule has 1 saturated heterocycles. The van der Waals surface area contributed by atoms with Crippen molar-refractivity contribution in [2.75, 3.05) is 33.2 Å². The van der Waals surface area contributed by atoms with Gasteiger partial charge in [-0.2, -0.15) is 9.40 Å². The Kier molecular flexibility index (Phi) is 7.04. The molecular formula is C25H22ClF2N5O2S2. The van der Waals surface area contributed by atoms with Crippen LogP contribution in [0.1, 0.15) is 28.1 Å². The summed E-state index contributed by atoms with van der Waals surface area (Å²) in [5.41, 5.74) is 2.03. The van der Waals surface area contributed by atoms with E-state index in [2.05, 4.69) is 26.8 Å². The first-order valence-electron chi connectivity index (χ1n) is 11.4. The number of benzene rings is 1. The molecule has 0 unspecified atom stereocenters. The zero-order chi connectivity index (χ0) is 26.3. The first-order valence-corrected chi connectivity index (χ1v) is 14.0. The summed E-state index contributed by atoms with van der Waals surface area (Å²) in [7, 11) is -1.63. The third-order valence-electron chi connectivity index (χ3n) is 6.13. The van der Waals surface area contributed by atoms with Gasteiger partial charge in [0.05, 0.1) is 22.3 Å². The monoisotopic (exact) mass is 561 g/mol. The van der Waals surface area contributed by atoms with Crippen LogP contribution in [0.3, 0.4) is 0 Å². The number of aromatic nitrogens is 3. The van der Waals surface area contributed by atoms with Crippen LogP contribution in [0.4, 0.5) is 8.78 Å². The third-order valence-corrected chi connectivity index (χ3v) is 9.93. The number of likely N-dealkylation sites (N-methyl/N-ethyl adjacent to an activating group) is 1. The van der Waals surface area contributed by atoms with E-state index in [9.17, 15) is 17.2 Å². The van der Waals surface area contributed by atoms with E-state index in [-0.39, 0.29) is 15.6 Å². The molecule has 37 heavy (non-hydrogen) atoms. The van der Waals surface area contributed by atoms with Crippen molar-refractivity contribution in [1.29, 1.82) is 0 Å². The number of halogens is 3. The highest BCUT2D eigenvalue weighted by Gasteiger charge is 2.28. The molecule has 0 aliphatic carbocycles. The van der Waals surface area contributed by atoms with Crippen LogP contribution in [0.2, 0.25) is 5.02 Å². The summed E-state index contributed by atoms with van der Waals surface area (Å²) in [5, 5.41) is 4.65. The molecule has 5 rings (SSSR count). The lowest BCUT2D eigenvalue weighted by Crippen LogP contribution is -2.46. The Hall–Kier alpha value is -2.88. The van der Waals surface area contributed by atoms with Crippen molar-refractivity contribution in [3.8, 4) is 23.1 Å². The molecule has 0 radical (unpaired) electrons. The van der Waals surface area contributed by atoms with Crippen LogP contribution < -0.4 is 0 Å². The zero-order valence-electron chi connectivity index (χ0n) is 20.0. The van der Waals surface area contributed by atoms with Crippen LogP contribution in [0.5, 0.6) is 0 Å².